The first-order valence-electron chi connectivity index (χ1n) is 4.14. The Hall–Kier alpha value is -1.06. The maximum atomic E-state index is 11.1. The third-order valence-electron chi connectivity index (χ3n) is 1.65. The summed E-state index contributed by atoms with van der Waals surface area (Å²) in [5.74, 6) is -0.111. The van der Waals surface area contributed by atoms with E-state index in [1.165, 1.54) is 4.90 Å². The Morgan fingerprint density at radius 1 is 1.33 bits per heavy atom. The van der Waals surface area contributed by atoms with Gasteiger partial charge in [-0.2, -0.15) is 0 Å². The summed E-state index contributed by atoms with van der Waals surface area (Å²) in [6.07, 6.45) is 0.449. The van der Waals surface area contributed by atoms with Crippen molar-refractivity contribution >= 4 is 11.8 Å². The topological polar surface area (TPSA) is 49.4 Å². The molecule has 0 aromatic heterocycles. The van der Waals surface area contributed by atoms with Gasteiger partial charge in [0.2, 0.25) is 11.8 Å². The van der Waals surface area contributed by atoms with Crippen molar-refractivity contribution in [3.63, 3.8) is 0 Å². The van der Waals surface area contributed by atoms with Crippen molar-refractivity contribution in [2.24, 2.45) is 0 Å². The zero-order valence-electron chi connectivity index (χ0n) is 7.89. The lowest BCUT2D eigenvalue weighted by Gasteiger charge is -2.18. The molecule has 0 bridgehead atoms. The molecule has 0 radical (unpaired) electrons. The summed E-state index contributed by atoms with van der Waals surface area (Å²) in [5.41, 5.74) is 0. The number of amides is 2. The molecule has 0 saturated heterocycles. The summed E-state index contributed by atoms with van der Waals surface area (Å²) in [6, 6.07) is 0. The van der Waals surface area contributed by atoms with Gasteiger partial charge in [-0.1, -0.05) is 6.92 Å². The van der Waals surface area contributed by atoms with Gasteiger partial charge in [0.1, 0.15) is 0 Å². The highest BCUT2D eigenvalue weighted by atomic mass is 16.2. The maximum absolute atomic E-state index is 11.1. The van der Waals surface area contributed by atoms with Crippen molar-refractivity contribution in [2.45, 2.75) is 20.3 Å². The standard InChI is InChI=1S/C8H16N2O2/c1-4-8(12)10(5-2)6-7(11)9-3/h4-6H2,1-3H3,(H,9,11). The first-order valence-corrected chi connectivity index (χ1v) is 4.14. The Morgan fingerprint density at radius 3 is 2.25 bits per heavy atom. The van der Waals surface area contributed by atoms with Crippen LogP contribution in [0.15, 0.2) is 0 Å². The van der Waals surface area contributed by atoms with Crippen molar-refractivity contribution in [1.29, 1.82) is 0 Å². The largest absolute Gasteiger partial charge is 0.358 e. The van der Waals surface area contributed by atoms with Gasteiger partial charge in [-0.3, -0.25) is 9.59 Å². The molecule has 70 valence electrons. The normalized spacial score (nSPS) is 9.25. The fourth-order valence-corrected chi connectivity index (χ4v) is 0.852. The highest BCUT2D eigenvalue weighted by Crippen LogP contribution is 1.92. The second-order valence-corrected chi connectivity index (χ2v) is 2.43. The fraction of sp³-hybridized carbons (Fsp3) is 0.750. The van der Waals surface area contributed by atoms with Crippen LogP contribution in [0.2, 0.25) is 0 Å². The van der Waals surface area contributed by atoms with Gasteiger partial charge in [0.25, 0.3) is 0 Å². The molecule has 0 unspecified atom stereocenters. The van der Waals surface area contributed by atoms with Crippen molar-refractivity contribution < 1.29 is 9.59 Å². The quantitative estimate of drug-likeness (QED) is 0.648. The van der Waals surface area contributed by atoms with E-state index >= 15 is 0 Å². The lowest BCUT2D eigenvalue weighted by atomic mass is 10.3. The van der Waals surface area contributed by atoms with Crippen LogP contribution in [0, 0.1) is 0 Å². The van der Waals surface area contributed by atoms with Gasteiger partial charge >= 0.3 is 0 Å². The summed E-state index contributed by atoms with van der Waals surface area (Å²) in [7, 11) is 1.56. The molecule has 1 N–H and O–H groups in total. The lowest BCUT2D eigenvalue weighted by Crippen LogP contribution is -2.39. The third kappa shape index (κ3) is 3.37. The van der Waals surface area contributed by atoms with Crippen molar-refractivity contribution in [3.05, 3.63) is 0 Å². The summed E-state index contributed by atoms with van der Waals surface area (Å²) in [4.78, 5) is 23.6. The van der Waals surface area contributed by atoms with Gasteiger partial charge in [0, 0.05) is 20.0 Å². The molecule has 0 heterocycles. The van der Waals surface area contributed by atoms with Crippen LogP contribution in [0.1, 0.15) is 20.3 Å². The second kappa shape index (κ2) is 5.57. The van der Waals surface area contributed by atoms with E-state index in [-0.39, 0.29) is 18.4 Å². The van der Waals surface area contributed by atoms with Crippen molar-refractivity contribution in [3.8, 4) is 0 Å². The average Bonchev–Trinajstić information content (AvgIpc) is 2.12. The average molecular weight is 172 g/mol. The Balaban J connectivity index is 3.99. The molecule has 0 spiro atoms. The predicted octanol–water partition coefficient (Wildman–Crippen LogP) is -0.00910. The number of nitrogens with zero attached hydrogens (tertiary/aromatic N) is 1. The smallest absolute Gasteiger partial charge is 0.239 e. The van der Waals surface area contributed by atoms with Gasteiger partial charge in [0.05, 0.1) is 6.54 Å². The molecule has 0 saturated carbocycles. The van der Waals surface area contributed by atoms with E-state index in [9.17, 15) is 9.59 Å². The van der Waals surface area contributed by atoms with Crippen LogP contribution in [0.4, 0.5) is 0 Å². The Bertz CT molecular complexity index is 168. The number of carbonyl (C=O) groups is 2. The first-order chi connectivity index (χ1) is 5.65. The molecule has 4 heteroatoms. The van der Waals surface area contributed by atoms with Crippen LogP contribution in [0.3, 0.4) is 0 Å². The molecule has 0 aromatic rings. The second-order valence-electron chi connectivity index (χ2n) is 2.43. The van der Waals surface area contributed by atoms with Crippen LogP contribution in [0.5, 0.6) is 0 Å². The summed E-state index contributed by atoms with van der Waals surface area (Å²) >= 11 is 0. The number of hydrogen-bond acceptors (Lipinski definition) is 2. The van der Waals surface area contributed by atoms with E-state index in [2.05, 4.69) is 5.32 Å². The molecule has 0 aliphatic carbocycles. The highest BCUT2D eigenvalue weighted by Gasteiger charge is 2.11. The Morgan fingerprint density at radius 2 is 1.92 bits per heavy atom. The van der Waals surface area contributed by atoms with Gasteiger partial charge in [-0.15, -0.1) is 0 Å². The van der Waals surface area contributed by atoms with Crippen LogP contribution < -0.4 is 5.32 Å². The van der Waals surface area contributed by atoms with Crippen molar-refractivity contribution in [1.82, 2.24) is 10.2 Å². The van der Waals surface area contributed by atoms with Gasteiger partial charge in [0.15, 0.2) is 0 Å². The van der Waals surface area contributed by atoms with Crippen LogP contribution in [-0.4, -0.2) is 36.9 Å². The molecule has 0 rings (SSSR count). The molecule has 12 heavy (non-hydrogen) atoms. The zero-order chi connectivity index (χ0) is 9.56. The highest BCUT2D eigenvalue weighted by molar-refractivity contribution is 5.84. The molecule has 0 aliphatic heterocycles. The van der Waals surface area contributed by atoms with E-state index < -0.39 is 0 Å². The Labute approximate surface area is 72.9 Å². The summed E-state index contributed by atoms with van der Waals surface area (Å²) in [5, 5.41) is 2.48. The lowest BCUT2D eigenvalue weighted by molar-refractivity contribution is -0.135. The van der Waals surface area contributed by atoms with Crippen LogP contribution >= 0.6 is 0 Å². The van der Waals surface area contributed by atoms with Gasteiger partial charge < -0.3 is 10.2 Å². The SMILES string of the molecule is CCC(=O)N(CC)CC(=O)NC. The molecular formula is C8H16N2O2. The minimum absolute atomic E-state index is 0.0149. The molecule has 0 atom stereocenters. The zero-order valence-corrected chi connectivity index (χ0v) is 7.89. The number of hydrogen-bond donors (Lipinski definition) is 1. The van der Waals surface area contributed by atoms with E-state index in [0.29, 0.717) is 13.0 Å². The summed E-state index contributed by atoms with van der Waals surface area (Å²) in [6.45, 7) is 4.39. The monoisotopic (exact) mass is 172 g/mol. The minimum Gasteiger partial charge on any atom is -0.358 e. The molecular weight excluding hydrogens is 156 g/mol. The van der Waals surface area contributed by atoms with Crippen LogP contribution in [-0.2, 0) is 9.59 Å². The number of rotatable bonds is 4. The predicted molar refractivity (Wildman–Crippen MR) is 46.6 cm³/mol. The molecule has 0 fully saturated rings. The Kier molecular flexibility index (Phi) is 5.08. The molecule has 4 nitrogen and oxygen atoms in total. The molecule has 0 aromatic carbocycles. The van der Waals surface area contributed by atoms with Crippen LogP contribution in [0.25, 0.3) is 0 Å². The van der Waals surface area contributed by atoms with E-state index in [1.54, 1.807) is 14.0 Å². The number of nitrogens with one attached hydrogen (secondary N) is 1. The van der Waals surface area contributed by atoms with Crippen molar-refractivity contribution in [2.75, 3.05) is 20.1 Å². The van der Waals surface area contributed by atoms with E-state index in [4.69, 9.17) is 0 Å². The fourth-order valence-electron chi connectivity index (χ4n) is 0.852. The number of likely N-dealkylation sites (N-methyl/N-ethyl adjacent to an activating group) is 2. The molecule has 2 amide bonds. The maximum Gasteiger partial charge on any atom is 0.239 e. The number of carbonyl (C=O) groups excluding carboxylic acids is 2. The first kappa shape index (κ1) is 10.9. The van der Waals surface area contributed by atoms with Gasteiger partial charge in [-0.05, 0) is 6.92 Å². The van der Waals surface area contributed by atoms with E-state index in [1.807, 2.05) is 6.92 Å². The summed E-state index contributed by atoms with van der Waals surface area (Å²) < 4.78 is 0. The van der Waals surface area contributed by atoms with Gasteiger partial charge in [-0.25, -0.2) is 0 Å². The molecule has 0 aliphatic rings. The van der Waals surface area contributed by atoms with E-state index in [0.717, 1.165) is 0 Å². The minimum atomic E-state index is -0.126. The third-order valence-corrected chi connectivity index (χ3v) is 1.65.